The summed E-state index contributed by atoms with van der Waals surface area (Å²) in [6, 6.07) is 7.68. The van der Waals surface area contributed by atoms with Gasteiger partial charge in [-0.25, -0.2) is 4.79 Å². The second-order valence-corrected chi connectivity index (χ2v) is 4.59. The molecule has 94 valence electrons. The summed E-state index contributed by atoms with van der Waals surface area (Å²) in [5.74, 6) is -1.03. The number of hydrogen-bond donors (Lipinski definition) is 1. The predicted molar refractivity (Wildman–Crippen MR) is 73.7 cm³/mol. The Labute approximate surface area is 115 Å². The first-order valence-corrected chi connectivity index (χ1v) is 6.38. The van der Waals surface area contributed by atoms with Gasteiger partial charge in [0.2, 0.25) is 5.79 Å². The van der Waals surface area contributed by atoms with Crippen LogP contribution in [-0.2, 0) is 15.3 Å². The molecule has 0 aliphatic rings. The molecular formula is C12H16INO3. The Morgan fingerprint density at radius 3 is 2.59 bits per heavy atom. The molecule has 0 spiro atoms. The normalized spacial score (nSPS) is 13.9. The van der Waals surface area contributed by atoms with E-state index in [-0.39, 0.29) is 0 Å². The molecule has 1 atom stereocenters. The molecule has 0 aromatic heterocycles. The van der Waals surface area contributed by atoms with Crippen molar-refractivity contribution in [2.75, 3.05) is 14.2 Å². The molecule has 0 aliphatic carbocycles. The monoisotopic (exact) mass is 349 g/mol. The third kappa shape index (κ3) is 3.10. The third-order valence-electron chi connectivity index (χ3n) is 2.54. The van der Waals surface area contributed by atoms with Crippen molar-refractivity contribution in [3.8, 4) is 0 Å². The van der Waals surface area contributed by atoms with Gasteiger partial charge in [0.25, 0.3) is 0 Å². The molecule has 1 aromatic rings. The Bertz CT molecular complexity index is 391. The Hall–Kier alpha value is -0.820. The Morgan fingerprint density at radius 2 is 2.12 bits per heavy atom. The first-order valence-electron chi connectivity index (χ1n) is 5.30. The molecule has 0 aliphatic heterocycles. The van der Waals surface area contributed by atoms with E-state index in [9.17, 15) is 4.79 Å². The van der Waals surface area contributed by atoms with Gasteiger partial charge in [0.05, 0.1) is 0 Å². The smallest absolute Gasteiger partial charge is 0.409 e. The van der Waals surface area contributed by atoms with Crippen LogP contribution in [0.2, 0.25) is 0 Å². The summed E-state index contributed by atoms with van der Waals surface area (Å²) in [6.45, 7) is 1.91. The van der Waals surface area contributed by atoms with Gasteiger partial charge in [-0.3, -0.25) is 0 Å². The minimum atomic E-state index is -1.03. The van der Waals surface area contributed by atoms with Crippen LogP contribution in [0, 0.1) is 3.57 Å². The van der Waals surface area contributed by atoms with E-state index in [0.29, 0.717) is 6.42 Å². The lowest BCUT2D eigenvalue weighted by Crippen LogP contribution is -2.37. The van der Waals surface area contributed by atoms with Crippen LogP contribution in [0.4, 0.5) is 4.79 Å². The lowest BCUT2D eigenvalue weighted by Gasteiger charge is -2.31. The summed E-state index contributed by atoms with van der Waals surface area (Å²) >= 11 is 2.20. The summed E-state index contributed by atoms with van der Waals surface area (Å²) in [5, 5.41) is 2.43. The van der Waals surface area contributed by atoms with Crippen LogP contribution in [0.5, 0.6) is 0 Å². The quantitative estimate of drug-likeness (QED) is 0.672. The minimum Gasteiger partial charge on any atom is -0.412 e. The lowest BCUT2D eigenvalue weighted by molar-refractivity contribution is -0.195. The van der Waals surface area contributed by atoms with Gasteiger partial charge in [-0.05, 0) is 28.7 Å². The summed E-state index contributed by atoms with van der Waals surface area (Å²) < 4.78 is 11.8. The van der Waals surface area contributed by atoms with E-state index < -0.39 is 11.9 Å². The first kappa shape index (κ1) is 14.2. The number of alkyl carbamates (subject to hydrolysis) is 1. The molecule has 1 amide bonds. The van der Waals surface area contributed by atoms with Gasteiger partial charge in [0.15, 0.2) is 0 Å². The zero-order chi connectivity index (χ0) is 12.9. The Kier molecular flexibility index (Phi) is 5.20. The van der Waals surface area contributed by atoms with Crippen LogP contribution in [0.1, 0.15) is 18.9 Å². The average Bonchev–Trinajstić information content (AvgIpc) is 2.36. The van der Waals surface area contributed by atoms with Crippen molar-refractivity contribution in [3.05, 3.63) is 33.4 Å². The first-order chi connectivity index (χ1) is 8.09. The maximum absolute atomic E-state index is 11.4. The maximum atomic E-state index is 11.4. The number of carbonyl (C=O) groups excluding carboxylic acids is 1. The van der Waals surface area contributed by atoms with Crippen molar-refractivity contribution in [1.29, 1.82) is 0 Å². The summed E-state index contributed by atoms with van der Waals surface area (Å²) in [7, 11) is 3.06. The molecule has 4 nitrogen and oxygen atoms in total. The van der Waals surface area contributed by atoms with Gasteiger partial charge in [0, 0.05) is 29.7 Å². The number of halogens is 1. The second kappa shape index (κ2) is 6.20. The minimum absolute atomic E-state index is 0.506. The van der Waals surface area contributed by atoms with E-state index >= 15 is 0 Å². The summed E-state index contributed by atoms with van der Waals surface area (Å²) in [5.41, 5.74) is 0.856. The molecule has 0 saturated carbocycles. The number of amides is 1. The number of hydrogen-bond acceptors (Lipinski definition) is 3. The van der Waals surface area contributed by atoms with Gasteiger partial charge in [-0.2, -0.15) is 0 Å². The molecule has 1 N–H and O–H groups in total. The van der Waals surface area contributed by atoms with Crippen molar-refractivity contribution in [1.82, 2.24) is 5.32 Å². The fourth-order valence-electron chi connectivity index (χ4n) is 1.58. The fraction of sp³-hybridized carbons (Fsp3) is 0.417. The highest BCUT2D eigenvalue weighted by Crippen LogP contribution is 2.33. The van der Waals surface area contributed by atoms with E-state index in [2.05, 4.69) is 27.9 Å². The average molecular weight is 349 g/mol. The van der Waals surface area contributed by atoms with Crippen molar-refractivity contribution in [2.45, 2.75) is 19.1 Å². The van der Waals surface area contributed by atoms with Crippen LogP contribution in [0.15, 0.2) is 24.3 Å². The number of carbonyl (C=O) groups is 1. The molecule has 0 fully saturated rings. The fourth-order valence-corrected chi connectivity index (χ4v) is 2.38. The number of nitrogens with one attached hydrogen (secondary N) is 1. The van der Waals surface area contributed by atoms with E-state index in [1.54, 1.807) is 0 Å². The molecule has 0 heterocycles. The van der Waals surface area contributed by atoms with Crippen LogP contribution in [0.25, 0.3) is 0 Å². The van der Waals surface area contributed by atoms with Crippen molar-refractivity contribution >= 4 is 28.7 Å². The van der Waals surface area contributed by atoms with Crippen LogP contribution in [0.3, 0.4) is 0 Å². The summed E-state index contributed by atoms with van der Waals surface area (Å²) in [6.07, 6.45) is 0.0325. The molecule has 0 radical (unpaired) electrons. The molecule has 1 rings (SSSR count). The van der Waals surface area contributed by atoms with E-state index in [0.717, 1.165) is 9.13 Å². The highest BCUT2D eigenvalue weighted by Gasteiger charge is 2.36. The highest BCUT2D eigenvalue weighted by molar-refractivity contribution is 14.1. The van der Waals surface area contributed by atoms with Gasteiger partial charge in [-0.1, -0.05) is 25.1 Å². The number of ether oxygens (including phenoxy) is 2. The third-order valence-corrected chi connectivity index (χ3v) is 3.48. The van der Waals surface area contributed by atoms with Crippen molar-refractivity contribution in [2.24, 2.45) is 0 Å². The molecule has 0 unspecified atom stereocenters. The Balaban J connectivity index is 3.15. The van der Waals surface area contributed by atoms with Gasteiger partial charge >= 0.3 is 6.09 Å². The topological polar surface area (TPSA) is 47.6 Å². The van der Waals surface area contributed by atoms with Gasteiger partial charge in [-0.15, -0.1) is 0 Å². The molecule has 0 bridgehead atoms. The largest absolute Gasteiger partial charge is 0.412 e. The van der Waals surface area contributed by atoms with Crippen molar-refractivity contribution in [3.63, 3.8) is 0 Å². The second-order valence-electron chi connectivity index (χ2n) is 3.43. The van der Waals surface area contributed by atoms with Crippen LogP contribution in [-0.4, -0.2) is 20.3 Å². The lowest BCUT2D eigenvalue weighted by atomic mass is 10.0. The molecule has 1 aromatic carbocycles. The van der Waals surface area contributed by atoms with Crippen LogP contribution < -0.4 is 5.32 Å². The van der Waals surface area contributed by atoms with Crippen molar-refractivity contribution < 1.29 is 14.3 Å². The van der Waals surface area contributed by atoms with E-state index in [1.807, 2.05) is 31.2 Å². The zero-order valence-corrected chi connectivity index (χ0v) is 12.3. The number of benzene rings is 1. The van der Waals surface area contributed by atoms with Crippen LogP contribution >= 0.6 is 22.6 Å². The SMILES string of the molecule is CC[C@](OC)(OC(=O)NC)c1ccccc1I. The highest BCUT2D eigenvalue weighted by atomic mass is 127. The van der Waals surface area contributed by atoms with E-state index in [1.165, 1.54) is 14.2 Å². The molecular weight excluding hydrogens is 333 g/mol. The maximum Gasteiger partial charge on any atom is 0.409 e. The molecule has 5 heteroatoms. The molecule has 17 heavy (non-hydrogen) atoms. The molecule has 0 saturated heterocycles. The summed E-state index contributed by atoms with van der Waals surface area (Å²) in [4.78, 5) is 11.4. The van der Waals surface area contributed by atoms with Gasteiger partial charge < -0.3 is 14.8 Å². The van der Waals surface area contributed by atoms with E-state index in [4.69, 9.17) is 9.47 Å². The van der Waals surface area contributed by atoms with Gasteiger partial charge in [0.1, 0.15) is 0 Å². The predicted octanol–water partition coefficient (Wildman–Crippen LogP) is 2.86. The number of methoxy groups -OCH3 is 1. The standard InChI is InChI=1S/C12H16INO3/c1-4-12(16-3,17-11(15)14-2)9-7-5-6-8-10(9)13/h5-8H,4H2,1-3H3,(H,14,15)/t12-/m0/s1. The number of rotatable bonds is 4. The zero-order valence-electron chi connectivity index (χ0n) is 10.1. The Morgan fingerprint density at radius 1 is 1.47 bits per heavy atom.